The standard InChI is InChI=1S/C16H25N3O3/c1-16(2)11-7-19(13(12(11)16)14(17)21)10(8-20)6-9-4-3-5-18-15(9)22/h8-13H,3-7H2,1-2H3,(H2,17,21)(H,18,22)/t9-,10-,11?,12?,13?/m0/s1. The third-order valence-electron chi connectivity index (χ3n) is 6.04. The SMILES string of the molecule is CC1(C)C2CN([C@H](C=O)C[C@@H]3CCCNC3=O)C(C(N)=O)C21. The Balaban J connectivity index is 1.72. The summed E-state index contributed by atoms with van der Waals surface area (Å²) < 4.78 is 0. The molecule has 5 atom stereocenters. The first-order valence-electron chi connectivity index (χ1n) is 8.16. The fraction of sp³-hybridized carbons (Fsp3) is 0.812. The van der Waals surface area contributed by atoms with E-state index in [4.69, 9.17) is 5.73 Å². The minimum Gasteiger partial charge on any atom is -0.368 e. The Morgan fingerprint density at radius 1 is 1.55 bits per heavy atom. The van der Waals surface area contributed by atoms with Crippen LogP contribution in [-0.4, -0.2) is 48.2 Å². The Labute approximate surface area is 130 Å². The van der Waals surface area contributed by atoms with E-state index in [1.807, 2.05) is 4.90 Å². The Hall–Kier alpha value is -1.43. The molecule has 0 bridgehead atoms. The zero-order valence-corrected chi connectivity index (χ0v) is 13.2. The molecule has 122 valence electrons. The summed E-state index contributed by atoms with van der Waals surface area (Å²) >= 11 is 0. The Kier molecular flexibility index (Phi) is 3.75. The van der Waals surface area contributed by atoms with Crippen molar-refractivity contribution in [3.63, 3.8) is 0 Å². The summed E-state index contributed by atoms with van der Waals surface area (Å²) in [4.78, 5) is 37.4. The highest BCUT2D eigenvalue weighted by atomic mass is 16.2. The van der Waals surface area contributed by atoms with Crippen LogP contribution in [0.4, 0.5) is 0 Å². The lowest BCUT2D eigenvalue weighted by Crippen LogP contribution is -2.52. The molecule has 2 heterocycles. The molecule has 3 rings (SSSR count). The third kappa shape index (κ3) is 2.33. The van der Waals surface area contributed by atoms with Gasteiger partial charge >= 0.3 is 0 Å². The molecule has 3 aliphatic rings. The van der Waals surface area contributed by atoms with Crippen LogP contribution in [0.1, 0.15) is 33.1 Å². The van der Waals surface area contributed by atoms with Crippen LogP contribution in [0, 0.1) is 23.2 Å². The summed E-state index contributed by atoms with van der Waals surface area (Å²) in [5.74, 6) is 0.208. The second-order valence-corrected chi connectivity index (χ2v) is 7.57. The molecule has 0 aromatic rings. The van der Waals surface area contributed by atoms with Gasteiger partial charge in [-0.3, -0.25) is 14.5 Å². The maximum Gasteiger partial charge on any atom is 0.235 e. The van der Waals surface area contributed by atoms with Crippen molar-refractivity contribution in [2.24, 2.45) is 28.9 Å². The third-order valence-corrected chi connectivity index (χ3v) is 6.04. The molecule has 2 aliphatic heterocycles. The van der Waals surface area contributed by atoms with Gasteiger partial charge in [-0.25, -0.2) is 0 Å². The van der Waals surface area contributed by atoms with Gasteiger partial charge in [-0.1, -0.05) is 13.8 Å². The molecule has 2 saturated heterocycles. The average molecular weight is 307 g/mol. The van der Waals surface area contributed by atoms with Crippen molar-refractivity contribution in [3.05, 3.63) is 0 Å². The number of hydrogen-bond donors (Lipinski definition) is 2. The van der Waals surface area contributed by atoms with Crippen LogP contribution in [-0.2, 0) is 14.4 Å². The van der Waals surface area contributed by atoms with Gasteiger partial charge < -0.3 is 15.8 Å². The maximum atomic E-state index is 11.9. The van der Waals surface area contributed by atoms with E-state index in [1.165, 1.54) is 0 Å². The fourth-order valence-corrected chi connectivity index (χ4v) is 4.61. The number of hydrogen-bond acceptors (Lipinski definition) is 4. The number of fused-ring (bicyclic) bond motifs is 1. The number of amides is 2. The fourth-order valence-electron chi connectivity index (χ4n) is 4.61. The van der Waals surface area contributed by atoms with E-state index in [2.05, 4.69) is 19.2 Å². The van der Waals surface area contributed by atoms with Gasteiger partial charge in [-0.15, -0.1) is 0 Å². The first-order valence-corrected chi connectivity index (χ1v) is 8.16. The highest BCUT2D eigenvalue weighted by Gasteiger charge is 2.68. The van der Waals surface area contributed by atoms with Crippen LogP contribution in [0.15, 0.2) is 0 Å². The molecule has 6 nitrogen and oxygen atoms in total. The normalized spacial score (nSPS) is 38.0. The number of nitrogens with one attached hydrogen (secondary N) is 1. The van der Waals surface area contributed by atoms with Crippen molar-refractivity contribution < 1.29 is 14.4 Å². The number of carbonyl (C=O) groups excluding carboxylic acids is 3. The zero-order chi connectivity index (χ0) is 16.1. The summed E-state index contributed by atoms with van der Waals surface area (Å²) in [6, 6.07) is -0.767. The van der Waals surface area contributed by atoms with Crippen molar-refractivity contribution in [1.29, 1.82) is 0 Å². The Morgan fingerprint density at radius 3 is 2.86 bits per heavy atom. The maximum absolute atomic E-state index is 11.9. The summed E-state index contributed by atoms with van der Waals surface area (Å²) in [5, 5.41) is 2.85. The summed E-state index contributed by atoms with van der Waals surface area (Å²) in [7, 11) is 0. The molecule has 0 spiro atoms. The number of likely N-dealkylation sites (tertiary alicyclic amines) is 1. The lowest BCUT2D eigenvalue weighted by atomic mass is 9.90. The van der Waals surface area contributed by atoms with Crippen LogP contribution in [0.3, 0.4) is 0 Å². The van der Waals surface area contributed by atoms with E-state index in [1.54, 1.807) is 0 Å². The molecule has 0 radical (unpaired) electrons. The van der Waals surface area contributed by atoms with E-state index in [9.17, 15) is 14.4 Å². The minimum atomic E-state index is -0.394. The number of aldehydes is 1. The average Bonchev–Trinajstić information content (AvgIpc) is 2.86. The summed E-state index contributed by atoms with van der Waals surface area (Å²) in [6.07, 6.45) is 3.12. The summed E-state index contributed by atoms with van der Waals surface area (Å²) in [6.45, 7) is 5.75. The quantitative estimate of drug-likeness (QED) is 0.694. The van der Waals surface area contributed by atoms with Gasteiger partial charge in [-0.2, -0.15) is 0 Å². The summed E-state index contributed by atoms with van der Waals surface area (Å²) in [5.41, 5.74) is 5.73. The monoisotopic (exact) mass is 307 g/mol. The molecule has 1 aliphatic carbocycles. The van der Waals surface area contributed by atoms with E-state index in [-0.39, 0.29) is 35.1 Å². The largest absolute Gasteiger partial charge is 0.368 e. The van der Waals surface area contributed by atoms with Crippen LogP contribution < -0.4 is 11.1 Å². The first-order chi connectivity index (χ1) is 10.4. The van der Waals surface area contributed by atoms with E-state index in [0.29, 0.717) is 18.9 Å². The van der Waals surface area contributed by atoms with Gasteiger partial charge in [0, 0.05) is 19.0 Å². The predicted octanol–water partition coefficient (Wildman–Crippen LogP) is -0.0881. The number of nitrogens with zero attached hydrogens (tertiary/aromatic N) is 1. The van der Waals surface area contributed by atoms with E-state index < -0.39 is 6.04 Å². The van der Waals surface area contributed by atoms with Crippen molar-refractivity contribution in [3.8, 4) is 0 Å². The molecule has 6 heteroatoms. The molecule has 0 aromatic heterocycles. The molecule has 3 unspecified atom stereocenters. The number of rotatable bonds is 5. The number of piperidine rings is 2. The molecular weight excluding hydrogens is 282 g/mol. The lowest BCUT2D eigenvalue weighted by Gasteiger charge is -2.35. The smallest absolute Gasteiger partial charge is 0.235 e. The number of nitrogens with two attached hydrogens (primary N) is 1. The van der Waals surface area contributed by atoms with Crippen molar-refractivity contribution in [1.82, 2.24) is 10.2 Å². The Morgan fingerprint density at radius 2 is 2.27 bits per heavy atom. The second-order valence-electron chi connectivity index (χ2n) is 7.57. The van der Waals surface area contributed by atoms with Crippen molar-refractivity contribution in [2.75, 3.05) is 13.1 Å². The highest BCUT2D eigenvalue weighted by molar-refractivity contribution is 5.83. The minimum absolute atomic E-state index is 0.0263. The van der Waals surface area contributed by atoms with E-state index in [0.717, 1.165) is 25.7 Å². The van der Waals surface area contributed by atoms with Crippen LogP contribution in [0.25, 0.3) is 0 Å². The van der Waals surface area contributed by atoms with Crippen LogP contribution in [0.2, 0.25) is 0 Å². The lowest BCUT2D eigenvalue weighted by molar-refractivity contribution is -0.129. The predicted molar refractivity (Wildman–Crippen MR) is 80.7 cm³/mol. The topological polar surface area (TPSA) is 92.5 Å². The van der Waals surface area contributed by atoms with Crippen molar-refractivity contribution >= 4 is 18.1 Å². The van der Waals surface area contributed by atoms with Crippen LogP contribution in [0.5, 0.6) is 0 Å². The van der Waals surface area contributed by atoms with Gasteiger partial charge in [0.15, 0.2) is 0 Å². The second kappa shape index (κ2) is 5.33. The van der Waals surface area contributed by atoms with Gasteiger partial charge in [0.25, 0.3) is 0 Å². The molecule has 3 fully saturated rings. The molecule has 3 N–H and O–H groups in total. The molecular formula is C16H25N3O3. The number of carbonyl (C=O) groups is 3. The zero-order valence-electron chi connectivity index (χ0n) is 13.2. The molecule has 1 saturated carbocycles. The van der Waals surface area contributed by atoms with Gasteiger partial charge in [0.2, 0.25) is 11.8 Å². The molecule has 0 aromatic carbocycles. The number of primary amides is 1. The van der Waals surface area contributed by atoms with Gasteiger partial charge in [-0.05, 0) is 36.5 Å². The first kappa shape index (κ1) is 15.5. The van der Waals surface area contributed by atoms with Gasteiger partial charge in [0.05, 0.1) is 12.1 Å². The highest BCUT2D eigenvalue weighted by Crippen LogP contribution is 2.65. The molecule has 2 amide bonds. The Bertz CT molecular complexity index is 505. The molecule has 22 heavy (non-hydrogen) atoms. The van der Waals surface area contributed by atoms with E-state index >= 15 is 0 Å². The van der Waals surface area contributed by atoms with Crippen LogP contribution >= 0.6 is 0 Å². The van der Waals surface area contributed by atoms with Gasteiger partial charge in [0.1, 0.15) is 6.29 Å². The van der Waals surface area contributed by atoms with Crippen molar-refractivity contribution in [2.45, 2.75) is 45.2 Å².